The number of carbonyl (C=O) groups is 4. The molecule has 260 valence electrons. The van der Waals surface area contributed by atoms with E-state index < -0.39 is 48.5 Å². The number of hydrogen-bond donors (Lipinski definition) is 3. The van der Waals surface area contributed by atoms with Gasteiger partial charge in [-0.2, -0.15) is 13.2 Å². The van der Waals surface area contributed by atoms with Gasteiger partial charge in [0.1, 0.15) is 12.7 Å². The number of hydrogen-bond acceptors (Lipinski definition) is 11. The van der Waals surface area contributed by atoms with Gasteiger partial charge < -0.3 is 44.8 Å². The van der Waals surface area contributed by atoms with Crippen LogP contribution in [0.5, 0.6) is 0 Å². The number of terminal acetylenes is 1. The number of nitrogens with two attached hydrogens (primary N) is 1. The Morgan fingerprint density at radius 1 is 1.00 bits per heavy atom. The Balaban J connectivity index is 0.00000292. The summed E-state index contributed by atoms with van der Waals surface area (Å²) >= 11 is 0. The molecule has 0 aromatic carbocycles. The van der Waals surface area contributed by atoms with Crippen LogP contribution in [0.2, 0.25) is 0 Å². The molecule has 5 atom stereocenters. The van der Waals surface area contributed by atoms with E-state index in [2.05, 4.69) is 16.6 Å². The molecule has 45 heavy (non-hydrogen) atoms. The Kier molecular flexibility index (Phi) is 22.7. The number of alkyl carbamates (subject to hydrolysis) is 1. The predicted octanol–water partition coefficient (Wildman–Crippen LogP) is 1.61. The molecule has 0 unspecified atom stereocenters. The molecule has 1 saturated carbocycles. The Bertz CT molecular complexity index is 900. The van der Waals surface area contributed by atoms with Gasteiger partial charge in [0.25, 0.3) is 0 Å². The Morgan fingerprint density at radius 3 is 1.96 bits per heavy atom. The quantitative estimate of drug-likeness (QED) is 0.0753. The van der Waals surface area contributed by atoms with Crippen molar-refractivity contribution in [3.05, 3.63) is 0 Å². The van der Waals surface area contributed by atoms with Crippen LogP contribution in [0.3, 0.4) is 0 Å². The molecule has 1 aliphatic carbocycles. The molecular weight excluding hydrogens is 607 g/mol. The van der Waals surface area contributed by atoms with E-state index in [4.69, 9.17) is 45.4 Å². The monoisotopic (exact) mass is 655 g/mol. The van der Waals surface area contributed by atoms with Gasteiger partial charge in [0, 0.05) is 31.5 Å². The van der Waals surface area contributed by atoms with Gasteiger partial charge in [-0.15, -0.1) is 6.42 Å². The maximum atomic E-state index is 12.7. The average molecular weight is 656 g/mol. The molecule has 0 aliphatic heterocycles. The van der Waals surface area contributed by atoms with Crippen LogP contribution < -0.4 is 16.4 Å². The topological polar surface area (TPSA) is 174 Å². The molecule has 16 heteroatoms. The zero-order valence-electron chi connectivity index (χ0n) is 26.4. The summed E-state index contributed by atoms with van der Waals surface area (Å²) in [5.41, 5.74) is 6.46. The minimum atomic E-state index is -4.64. The first-order valence-corrected chi connectivity index (χ1v) is 14.7. The fourth-order valence-electron chi connectivity index (χ4n) is 4.85. The predicted molar refractivity (Wildman–Crippen MR) is 156 cm³/mol. The van der Waals surface area contributed by atoms with Gasteiger partial charge in [0.15, 0.2) is 0 Å². The summed E-state index contributed by atoms with van der Waals surface area (Å²) in [5, 5.41) is 5.65. The third-order valence-corrected chi connectivity index (χ3v) is 6.84. The van der Waals surface area contributed by atoms with E-state index in [1.807, 2.05) is 13.8 Å². The molecule has 0 bridgehead atoms. The molecule has 1 rings (SSSR count). The Hall–Kier alpha value is -2.97. The van der Waals surface area contributed by atoms with E-state index in [0.29, 0.717) is 46.1 Å². The fraction of sp³-hybridized carbons (Fsp3) is 0.793. The van der Waals surface area contributed by atoms with Crippen LogP contribution in [0, 0.1) is 30.1 Å². The lowest BCUT2D eigenvalue weighted by molar-refractivity contribution is -0.156. The highest BCUT2D eigenvalue weighted by atomic mass is 19.4. The first-order chi connectivity index (χ1) is 21.4. The summed E-state index contributed by atoms with van der Waals surface area (Å²) in [5.74, 6) is 0.611. The molecule has 2 amide bonds. The van der Waals surface area contributed by atoms with Gasteiger partial charge in [-0.3, -0.25) is 14.4 Å². The van der Waals surface area contributed by atoms with Gasteiger partial charge >= 0.3 is 18.2 Å². The number of esters is 1. The van der Waals surface area contributed by atoms with Gasteiger partial charge in [-0.1, -0.05) is 32.6 Å². The normalized spacial score (nSPS) is 19.9. The molecular formula is C29H48F3N3O10. The van der Waals surface area contributed by atoms with Crippen molar-refractivity contribution in [2.45, 2.75) is 64.4 Å². The summed E-state index contributed by atoms with van der Waals surface area (Å²) in [6, 6.07) is -0.810. The number of alkyl halides is 3. The molecule has 0 saturated heterocycles. The van der Waals surface area contributed by atoms with Crippen LogP contribution >= 0.6 is 0 Å². The second-order valence-electron chi connectivity index (χ2n) is 9.96. The number of aldehydes is 1. The standard InChI is InChI=1S/C27H47N3O9.C2HF3O/c1-6-10-35-12-14-37-16-17-38-15-13-36-11-9-29-27(33)39-25-21(26(32)34-5)18-22(28)23(25)24(30-19(4)31)20(7-2)8-3;3-2(4,5)1-6/h1,20-25H,7-18,28H2,2-5H3,(H,29,33)(H,30,31);1H/t21-,22+,23+,24-,25+;/m0./s1. The maximum absolute atomic E-state index is 12.7. The second-order valence-corrected chi connectivity index (χ2v) is 9.96. The average Bonchev–Trinajstić information content (AvgIpc) is 3.31. The zero-order chi connectivity index (χ0) is 34.3. The number of carbonyl (C=O) groups excluding carboxylic acids is 4. The SMILES string of the molecule is C#CCOCCOCCOCCOCCNC(=O)O[C@H]1[C@@H]([C@@H](NC(C)=O)C(CC)CC)[C@H](N)C[C@@H]1C(=O)OC.O=CC(F)(F)F. The number of methoxy groups -OCH3 is 1. The summed E-state index contributed by atoms with van der Waals surface area (Å²) in [6.07, 6.45) is -0.277. The maximum Gasteiger partial charge on any atom is 0.446 e. The molecule has 0 aromatic rings. The first kappa shape index (κ1) is 42.0. The van der Waals surface area contributed by atoms with Gasteiger partial charge in [-0.05, 0) is 12.3 Å². The van der Waals surface area contributed by atoms with Crippen LogP contribution in [0.25, 0.3) is 0 Å². The number of amides is 2. The lowest BCUT2D eigenvalue weighted by atomic mass is 9.80. The smallest absolute Gasteiger partial charge is 0.446 e. The molecule has 13 nitrogen and oxygen atoms in total. The summed E-state index contributed by atoms with van der Waals surface area (Å²) in [4.78, 5) is 45.9. The van der Waals surface area contributed by atoms with Crippen molar-refractivity contribution in [2.24, 2.45) is 23.5 Å². The zero-order valence-corrected chi connectivity index (χ0v) is 26.4. The van der Waals surface area contributed by atoms with Crippen molar-refractivity contribution in [2.75, 3.05) is 66.5 Å². The summed E-state index contributed by atoms with van der Waals surface area (Å²) < 4.78 is 63.3. The van der Waals surface area contributed by atoms with Crippen LogP contribution in [-0.4, -0.2) is 115 Å². The van der Waals surface area contributed by atoms with Crippen LogP contribution in [0.15, 0.2) is 0 Å². The first-order valence-electron chi connectivity index (χ1n) is 14.7. The number of nitrogens with one attached hydrogen (secondary N) is 2. The molecule has 0 spiro atoms. The highest BCUT2D eigenvalue weighted by Gasteiger charge is 2.52. The molecule has 1 fully saturated rings. The summed E-state index contributed by atoms with van der Waals surface area (Å²) in [6.45, 7) is 8.69. The van der Waals surface area contributed by atoms with Gasteiger partial charge in [-0.25, -0.2) is 4.79 Å². The highest BCUT2D eigenvalue weighted by molar-refractivity contribution is 5.76. The van der Waals surface area contributed by atoms with E-state index in [1.54, 1.807) is 0 Å². The van der Waals surface area contributed by atoms with Crippen LogP contribution in [0.1, 0.15) is 40.0 Å². The van der Waals surface area contributed by atoms with E-state index >= 15 is 0 Å². The minimum absolute atomic E-state index is 0.102. The number of rotatable bonds is 20. The number of halogens is 3. The Morgan fingerprint density at radius 2 is 1.51 bits per heavy atom. The van der Waals surface area contributed by atoms with Gasteiger partial charge in [0.2, 0.25) is 12.2 Å². The van der Waals surface area contributed by atoms with Crippen LogP contribution in [-0.2, 0) is 42.8 Å². The molecule has 4 N–H and O–H groups in total. The van der Waals surface area contributed by atoms with E-state index in [0.717, 1.165) is 12.8 Å². The van der Waals surface area contributed by atoms with Crippen molar-refractivity contribution in [3.63, 3.8) is 0 Å². The third kappa shape index (κ3) is 18.6. The van der Waals surface area contributed by atoms with Crippen molar-refractivity contribution in [1.82, 2.24) is 10.6 Å². The van der Waals surface area contributed by atoms with E-state index in [-0.39, 0.29) is 37.6 Å². The number of ether oxygens (including phenoxy) is 6. The summed E-state index contributed by atoms with van der Waals surface area (Å²) in [7, 11) is 1.29. The van der Waals surface area contributed by atoms with Crippen molar-refractivity contribution >= 4 is 24.3 Å². The largest absolute Gasteiger partial charge is 0.469 e. The highest BCUT2D eigenvalue weighted by Crippen LogP contribution is 2.39. The Labute approximate surface area is 262 Å². The van der Waals surface area contributed by atoms with Crippen molar-refractivity contribution in [3.8, 4) is 12.3 Å². The van der Waals surface area contributed by atoms with Gasteiger partial charge in [0.05, 0.1) is 59.3 Å². The van der Waals surface area contributed by atoms with Crippen LogP contribution in [0.4, 0.5) is 18.0 Å². The lowest BCUT2D eigenvalue weighted by Crippen LogP contribution is -2.53. The molecule has 0 radical (unpaired) electrons. The molecule has 0 heterocycles. The third-order valence-electron chi connectivity index (χ3n) is 6.84. The van der Waals surface area contributed by atoms with E-state index in [9.17, 15) is 27.6 Å². The van der Waals surface area contributed by atoms with E-state index in [1.165, 1.54) is 14.0 Å². The second kappa shape index (κ2) is 24.3. The fourth-order valence-corrected chi connectivity index (χ4v) is 4.85. The van der Waals surface area contributed by atoms with Crippen molar-refractivity contribution < 1.29 is 60.8 Å². The lowest BCUT2D eigenvalue weighted by Gasteiger charge is -2.36. The van der Waals surface area contributed by atoms with Crippen molar-refractivity contribution in [1.29, 1.82) is 0 Å². The molecule has 0 aromatic heterocycles. The minimum Gasteiger partial charge on any atom is -0.469 e. The molecule has 1 aliphatic rings.